The fourth-order valence-corrected chi connectivity index (χ4v) is 3.51. The number of nitrogens with one attached hydrogen (secondary N) is 1. The van der Waals surface area contributed by atoms with Crippen LogP contribution in [-0.4, -0.2) is 11.0 Å². The van der Waals surface area contributed by atoms with Crippen molar-refractivity contribution in [1.29, 1.82) is 0 Å². The Bertz CT molecular complexity index is 891. The van der Waals surface area contributed by atoms with Gasteiger partial charge in [0.25, 0.3) is 0 Å². The lowest BCUT2D eigenvalue weighted by Gasteiger charge is -2.19. The van der Waals surface area contributed by atoms with E-state index in [1.807, 2.05) is 25.1 Å². The molecule has 0 aliphatic carbocycles. The molecular weight excluding hydrogens is 361 g/mol. The summed E-state index contributed by atoms with van der Waals surface area (Å²) in [6.07, 6.45) is 2.57. The average molecular weight is 386 g/mol. The van der Waals surface area contributed by atoms with Crippen molar-refractivity contribution in [2.75, 3.05) is 0 Å². The number of unbranched alkanes of at least 4 members (excludes halogenated alkanes) is 1. The van der Waals surface area contributed by atoms with Crippen LogP contribution in [-0.2, 0) is 19.1 Å². The van der Waals surface area contributed by atoms with Crippen LogP contribution in [0.3, 0.4) is 0 Å². The summed E-state index contributed by atoms with van der Waals surface area (Å²) in [5.74, 6) is 0. The highest BCUT2D eigenvalue weighted by Crippen LogP contribution is 2.37. The molecule has 1 N–H and O–H groups in total. The number of pyridine rings is 1. The molecule has 0 aliphatic rings. The topological polar surface area (TPSA) is 24.9 Å². The zero-order valence-electron chi connectivity index (χ0n) is 16.0. The molecule has 0 amide bonds. The molecule has 0 saturated heterocycles. The fourth-order valence-electron chi connectivity index (χ4n) is 3.51. The van der Waals surface area contributed by atoms with E-state index in [1.165, 1.54) is 24.0 Å². The third-order valence-electron chi connectivity index (χ3n) is 5.03. The number of hydrogen-bond donors (Lipinski definition) is 1. The van der Waals surface area contributed by atoms with Gasteiger partial charge >= 0.3 is 6.18 Å². The molecule has 0 radical (unpaired) electrons. The van der Waals surface area contributed by atoms with Crippen molar-refractivity contribution in [3.8, 4) is 0 Å². The van der Waals surface area contributed by atoms with Crippen LogP contribution in [0, 0.1) is 0 Å². The number of fused-ring (bicyclic) bond motifs is 1. The van der Waals surface area contributed by atoms with E-state index in [1.54, 1.807) is 12.1 Å². The van der Waals surface area contributed by atoms with E-state index < -0.39 is 11.7 Å². The Morgan fingerprint density at radius 2 is 1.79 bits per heavy atom. The lowest BCUT2D eigenvalue weighted by molar-refractivity contribution is -0.136. The molecule has 2 nitrogen and oxygen atoms in total. The highest BCUT2D eigenvalue weighted by atomic mass is 19.4. The molecule has 0 saturated carbocycles. The largest absolute Gasteiger partial charge is 0.417 e. The minimum absolute atomic E-state index is 0.157. The Labute approximate surface area is 163 Å². The third-order valence-corrected chi connectivity index (χ3v) is 5.03. The van der Waals surface area contributed by atoms with Gasteiger partial charge in [0.05, 0.1) is 5.56 Å². The van der Waals surface area contributed by atoms with Crippen molar-refractivity contribution in [1.82, 2.24) is 10.3 Å². The maximum absolute atomic E-state index is 13.7. The van der Waals surface area contributed by atoms with Gasteiger partial charge in [0.2, 0.25) is 0 Å². The predicted octanol–water partition coefficient (Wildman–Crippen LogP) is 6.14. The number of halogens is 3. The standard InChI is InChI=1S/C23H25F3N2/c1-17(7-5-6-10-18-8-3-2-4-9-18)28-16-20-12-11-19-15-27-14-13-21(19)22(20)23(24,25)26/h2-4,8-9,11-15,17,28H,5-7,10,16H2,1H3/t17-/m1/s1. The maximum atomic E-state index is 13.7. The number of aryl methyl sites for hydroxylation is 1. The first kappa shape index (κ1) is 20.3. The van der Waals surface area contributed by atoms with Gasteiger partial charge in [0.15, 0.2) is 0 Å². The molecule has 3 aromatic rings. The second kappa shape index (κ2) is 9.20. The number of benzene rings is 2. The predicted molar refractivity (Wildman–Crippen MR) is 107 cm³/mol. The summed E-state index contributed by atoms with van der Waals surface area (Å²) in [6.45, 7) is 2.23. The number of rotatable bonds is 8. The molecule has 2 aromatic carbocycles. The van der Waals surface area contributed by atoms with Crippen LogP contribution < -0.4 is 5.32 Å². The summed E-state index contributed by atoms with van der Waals surface area (Å²) in [5.41, 5.74) is 1.04. The molecule has 148 valence electrons. The zero-order chi connectivity index (χ0) is 20.0. The van der Waals surface area contributed by atoms with Crippen LogP contribution in [0.4, 0.5) is 13.2 Å². The molecule has 0 aliphatic heterocycles. The summed E-state index contributed by atoms with van der Waals surface area (Å²) in [6, 6.07) is 15.2. The minimum Gasteiger partial charge on any atom is -0.310 e. The van der Waals surface area contributed by atoms with E-state index in [-0.39, 0.29) is 23.5 Å². The van der Waals surface area contributed by atoms with Gasteiger partial charge in [-0.25, -0.2) is 0 Å². The Morgan fingerprint density at radius 3 is 2.54 bits per heavy atom. The Hall–Kier alpha value is -2.40. The van der Waals surface area contributed by atoms with Crippen LogP contribution in [0.5, 0.6) is 0 Å². The molecule has 1 atom stereocenters. The Balaban J connectivity index is 1.57. The maximum Gasteiger partial charge on any atom is 0.417 e. The molecule has 0 unspecified atom stereocenters. The summed E-state index contributed by atoms with van der Waals surface area (Å²) in [7, 11) is 0. The van der Waals surface area contributed by atoms with Gasteiger partial charge in [-0.15, -0.1) is 0 Å². The van der Waals surface area contributed by atoms with Crippen LogP contribution in [0.1, 0.15) is 42.9 Å². The third kappa shape index (κ3) is 5.32. The van der Waals surface area contributed by atoms with Gasteiger partial charge in [-0.3, -0.25) is 4.98 Å². The van der Waals surface area contributed by atoms with Gasteiger partial charge in [0.1, 0.15) is 0 Å². The quantitative estimate of drug-likeness (QED) is 0.470. The molecule has 5 heteroatoms. The SMILES string of the molecule is C[C@H](CCCCc1ccccc1)NCc1ccc2cnccc2c1C(F)(F)F. The van der Waals surface area contributed by atoms with Crippen LogP contribution in [0.2, 0.25) is 0 Å². The fraction of sp³-hybridized carbons (Fsp3) is 0.348. The highest BCUT2D eigenvalue weighted by molar-refractivity contribution is 5.86. The van der Waals surface area contributed by atoms with Gasteiger partial charge in [-0.2, -0.15) is 13.2 Å². The number of hydrogen-bond acceptors (Lipinski definition) is 2. The first-order chi connectivity index (χ1) is 13.4. The number of alkyl halides is 3. The zero-order valence-corrected chi connectivity index (χ0v) is 16.0. The van der Waals surface area contributed by atoms with Crippen molar-refractivity contribution in [3.63, 3.8) is 0 Å². The summed E-state index contributed by atoms with van der Waals surface area (Å²) in [5, 5.41) is 3.97. The average Bonchev–Trinajstić information content (AvgIpc) is 2.69. The molecular formula is C23H25F3N2. The van der Waals surface area contributed by atoms with Gasteiger partial charge in [-0.05, 0) is 48.8 Å². The van der Waals surface area contributed by atoms with Crippen LogP contribution in [0.25, 0.3) is 10.8 Å². The number of aromatic nitrogens is 1. The van der Waals surface area contributed by atoms with Crippen molar-refractivity contribution < 1.29 is 13.2 Å². The monoisotopic (exact) mass is 386 g/mol. The van der Waals surface area contributed by atoms with Crippen molar-refractivity contribution in [2.45, 2.75) is 51.4 Å². The van der Waals surface area contributed by atoms with E-state index in [9.17, 15) is 13.2 Å². The molecule has 1 heterocycles. The molecule has 0 spiro atoms. The van der Waals surface area contributed by atoms with Gasteiger partial charge < -0.3 is 5.32 Å². The summed E-state index contributed by atoms with van der Waals surface area (Å²) in [4.78, 5) is 3.92. The molecule has 1 aromatic heterocycles. The Morgan fingerprint density at radius 1 is 1.00 bits per heavy atom. The smallest absolute Gasteiger partial charge is 0.310 e. The second-order valence-electron chi connectivity index (χ2n) is 7.21. The summed E-state index contributed by atoms with van der Waals surface area (Å²) >= 11 is 0. The van der Waals surface area contributed by atoms with E-state index in [4.69, 9.17) is 0 Å². The van der Waals surface area contributed by atoms with Crippen molar-refractivity contribution >= 4 is 10.8 Å². The van der Waals surface area contributed by atoms with Crippen molar-refractivity contribution in [3.05, 3.63) is 77.6 Å². The van der Waals surface area contributed by atoms with Gasteiger partial charge in [0, 0.05) is 30.4 Å². The second-order valence-corrected chi connectivity index (χ2v) is 7.21. The lowest BCUT2D eigenvalue weighted by atomic mass is 9.99. The van der Waals surface area contributed by atoms with E-state index in [0.29, 0.717) is 5.39 Å². The first-order valence-electron chi connectivity index (χ1n) is 9.65. The van der Waals surface area contributed by atoms with Crippen LogP contribution >= 0.6 is 0 Å². The highest BCUT2D eigenvalue weighted by Gasteiger charge is 2.35. The number of nitrogens with zero attached hydrogens (tertiary/aromatic N) is 1. The minimum atomic E-state index is -4.39. The van der Waals surface area contributed by atoms with Gasteiger partial charge in [-0.1, -0.05) is 48.9 Å². The van der Waals surface area contributed by atoms with E-state index in [2.05, 4.69) is 22.4 Å². The first-order valence-corrected chi connectivity index (χ1v) is 9.65. The molecule has 0 bridgehead atoms. The molecule has 28 heavy (non-hydrogen) atoms. The van der Waals surface area contributed by atoms with Crippen molar-refractivity contribution in [2.24, 2.45) is 0 Å². The summed E-state index contributed by atoms with van der Waals surface area (Å²) < 4.78 is 41.0. The van der Waals surface area contributed by atoms with E-state index >= 15 is 0 Å². The normalized spacial score (nSPS) is 13.0. The lowest BCUT2D eigenvalue weighted by Crippen LogP contribution is -2.26. The molecule has 3 rings (SSSR count). The van der Waals surface area contributed by atoms with Crippen LogP contribution in [0.15, 0.2) is 60.9 Å². The Kier molecular flexibility index (Phi) is 6.68. The van der Waals surface area contributed by atoms with E-state index in [0.717, 1.165) is 25.7 Å². The molecule has 0 fully saturated rings.